The van der Waals surface area contributed by atoms with Gasteiger partial charge in [-0.15, -0.1) is 0 Å². The number of aliphatic carboxylic acids is 2. The summed E-state index contributed by atoms with van der Waals surface area (Å²) in [7, 11) is 0. The lowest BCUT2D eigenvalue weighted by molar-refractivity contribution is -0.142. The zero-order valence-electron chi connectivity index (χ0n) is 10.0. The van der Waals surface area contributed by atoms with Crippen LogP contribution in [0.5, 0.6) is 0 Å². The molecule has 0 amide bonds. The van der Waals surface area contributed by atoms with Gasteiger partial charge >= 0.3 is 11.9 Å². The number of hydrogen-bond donors (Lipinski definition) is 4. The van der Waals surface area contributed by atoms with Gasteiger partial charge in [0.1, 0.15) is 0 Å². The second-order valence-electron chi connectivity index (χ2n) is 4.77. The maximum absolute atomic E-state index is 9.85. The Morgan fingerprint density at radius 3 is 1.00 bits per heavy atom. The smallest absolute Gasteiger partial charge is 0.306 e. The topological polar surface area (TPSA) is 115 Å². The van der Waals surface area contributed by atoms with Gasteiger partial charge in [-0.1, -0.05) is 0 Å². The van der Waals surface area contributed by atoms with Crippen LogP contribution in [0.25, 0.3) is 0 Å². The first-order valence-corrected chi connectivity index (χ1v) is 4.72. The van der Waals surface area contributed by atoms with Gasteiger partial charge in [-0.05, 0) is 27.7 Å². The average molecular weight is 236 g/mol. The summed E-state index contributed by atoms with van der Waals surface area (Å²) in [5, 5.41) is 33.8. The zero-order valence-corrected chi connectivity index (χ0v) is 10.0. The molecule has 6 heteroatoms. The standard InChI is InChI=1S/2C5H10O3/c2*1-5(2,8)3-4(6)7/h2*8H,3H2,1-2H3,(H,6,7). The summed E-state index contributed by atoms with van der Waals surface area (Å²) in [5.41, 5.74) is -2.16. The third kappa shape index (κ3) is 23.0. The third-order valence-corrected chi connectivity index (χ3v) is 1.17. The molecule has 0 unspecified atom stereocenters. The van der Waals surface area contributed by atoms with Crippen LogP contribution in [0.2, 0.25) is 0 Å². The lowest BCUT2D eigenvalue weighted by Gasteiger charge is -2.12. The summed E-state index contributed by atoms with van der Waals surface area (Å²) in [4.78, 5) is 19.7. The first kappa shape index (κ1) is 17.3. The highest BCUT2D eigenvalue weighted by molar-refractivity contribution is 5.68. The van der Waals surface area contributed by atoms with E-state index in [-0.39, 0.29) is 12.8 Å². The highest BCUT2D eigenvalue weighted by Crippen LogP contribution is 2.05. The first-order chi connectivity index (χ1) is 6.83. The van der Waals surface area contributed by atoms with Crippen molar-refractivity contribution in [1.29, 1.82) is 0 Å². The third-order valence-electron chi connectivity index (χ3n) is 1.17. The molecule has 96 valence electrons. The molecule has 0 fully saturated rings. The van der Waals surface area contributed by atoms with Gasteiger partial charge < -0.3 is 20.4 Å². The number of carbonyl (C=O) groups is 2. The normalized spacial score (nSPS) is 11.4. The number of hydrogen-bond acceptors (Lipinski definition) is 4. The van der Waals surface area contributed by atoms with Crippen LogP contribution in [-0.2, 0) is 9.59 Å². The molecule has 0 bridgehead atoms. The van der Waals surface area contributed by atoms with E-state index in [1.807, 2.05) is 0 Å². The van der Waals surface area contributed by atoms with E-state index in [0.717, 1.165) is 0 Å². The molecule has 0 aromatic heterocycles. The molecule has 0 aliphatic rings. The molecule has 0 aromatic rings. The number of aliphatic hydroxyl groups is 2. The summed E-state index contributed by atoms with van der Waals surface area (Å²) in [6, 6.07) is 0. The van der Waals surface area contributed by atoms with E-state index in [9.17, 15) is 9.59 Å². The predicted molar refractivity (Wildman–Crippen MR) is 57.1 cm³/mol. The molecule has 4 N–H and O–H groups in total. The van der Waals surface area contributed by atoms with Gasteiger partial charge in [0.15, 0.2) is 0 Å². The fourth-order valence-electron chi connectivity index (χ4n) is 0.740. The Hall–Kier alpha value is -1.14. The highest BCUT2D eigenvalue weighted by atomic mass is 16.4. The molecular weight excluding hydrogens is 216 g/mol. The highest BCUT2D eigenvalue weighted by Gasteiger charge is 2.16. The number of rotatable bonds is 4. The molecule has 0 radical (unpaired) electrons. The van der Waals surface area contributed by atoms with Crippen molar-refractivity contribution in [2.75, 3.05) is 0 Å². The van der Waals surface area contributed by atoms with Crippen LogP contribution in [0.15, 0.2) is 0 Å². The Bertz CT molecular complexity index is 207. The van der Waals surface area contributed by atoms with E-state index in [1.165, 1.54) is 27.7 Å². The van der Waals surface area contributed by atoms with E-state index in [1.54, 1.807) is 0 Å². The molecule has 6 nitrogen and oxygen atoms in total. The number of carboxylic acid groups (broad SMARTS) is 2. The maximum atomic E-state index is 9.85. The molecule has 0 aromatic carbocycles. The first-order valence-electron chi connectivity index (χ1n) is 4.72. The summed E-state index contributed by atoms with van der Waals surface area (Å²) < 4.78 is 0. The van der Waals surface area contributed by atoms with E-state index in [4.69, 9.17) is 20.4 Å². The van der Waals surface area contributed by atoms with E-state index in [0.29, 0.717) is 0 Å². The zero-order chi connectivity index (χ0) is 13.6. The van der Waals surface area contributed by atoms with Crippen molar-refractivity contribution >= 4 is 11.9 Å². The minimum Gasteiger partial charge on any atom is -0.481 e. The van der Waals surface area contributed by atoms with Gasteiger partial charge in [-0.2, -0.15) is 0 Å². The van der Waals surface area contributed by atoms with Crippen LogP contribution < -0.4 is 0 Å². The lowest BCUT2D eigenvalue weighted by atomic mass is 10.1. The van der Waals surface area contributed by atoms with Crippen molar-refractivity contribution in [3.8, 4) is 0 Å². The van der Waals surface area contributed by atoms with Gasteiger partial charge in [-0.3, -0.25) is 9.59 Å². The van der Waals surface area contributed by atoms with Crippen LogP contribution in [0, 0.1) is 0 Å². The SMILES string of the molecule is CC(C)(O)CC(=O)O.CC(C)(O)CC(=O)O. The predicted octanol–water partition coefficient (Wildman–Crippen LogP) is 0.464. The van der Waals surface area contributed by atoms with Gasteiger partial charge in [0.05, 0.1) is 24.0 Å². The second-order valence-corrected chi connectivity index (χ2v) is 4.77. The largest absolute Gasteiger partial charge is 0.481 e. The van der Waals surface area contributed by atoms with Gasteiger partial charge in [0.25, 0.3) is 0 Å². The molecular formula is C10H20O6. The van der Waals surface area contributed by atoms with Crippen molar-refractivity contribution in [3.63, 3.8) is 0 Å². The molecule has 0 aliphatic carbocycles. The van der Waals surface area contributed by atoms with Crippen LogP contribution in [0.1, 0.15) is 40.5 Å². The number of carboxylic acids is 2. The summed E-state index contributed by atoms with van der Waals surface area (Å²) in [6.45, 7) is 5.84. The minimum absolute atomic E-state index is 0.201. The average Bonchev–Trinajstić information content (AvgIpc) is 1.72. The van der Waals surface area contributed by atoms with E-state index in [2.05, 4.69) is 0 Å². The minimum atomic E-state index is -1.08. The quantitative estimate of drug-likeness (QED) is 0.563. The van der Waals surface area contributed by atoms with E-state index >= 15 is 0 Å². The second kappa shape index (κ2) is 6.44. The fraction of sp³-hybridized carbons (Fsp3) is 0.800. The van der Waals surface area contributed by atoms with E-state index < -0.39 is 23.1 Å². The van der Waals surface area contributed by atoms with Crippen LogP contribution in [0.3, 0.4) is 0 Å². The van der Waals surface area contributed by atoms with Crippen LogP contribution >= 0.6 is 0 Å². The van der Waals surface area contributed by atoms with Crippen molar-refractivity contribution < 1.29 is 30.0 Å². The maximum Gasteiger partial charge on any atom is 0.306 e. The molecule has 0 saturated heterocycles. The molecule has 0 saturated carbocycles. The Morgan fingerprint density at radius 2 is 1.00 bits per heavy atom. The van der Waals surface area contributed by atoms with Crippen molar-refractivity contribution in [3.05, 3.63) is 0 Å². The van der Waals surface area contributed by atoms with Crippen molar-refractivity contribution in [1.82, 2.24) is 0 Å². The summed E-state index contributed by atoms with van der Waals surface area (Å²) in [5.74, 6) is -1.95. The van der Waals surface area contributed by atoms with Gasteiger partial charge in [0, 0.05) is 0 Å². The summed E-state index contributed by atoms with van der Waals surface area (Å²) >= 11 is 0. The van der Waals surface area contributed by atoms with Gasteiger partial charge in [-0.25, -0.2) is 0 Å². The van der Waals surface area contributed by atoms with Crippen molar-refractivity contribution in [2.45, 2.75) is 51.7 Å². The summed E-state index contributed by atoms with van der Waals surface area (Å²) in [6.07, 6.45) is -0.403. The molecule has 0 spiro atoms. The molecule has 0 aliphatic heterocycles. The fourth-order valence-corrected chi connectivity index (χ4v) is 0.740. The molecule has 16 heavy (non-hydrogen) atoms. The Morgan fingerprint density at radius 1 is 0.812 bits per heavy atom. The Balaban J connectivity index is 0. The van der Waals surface area contributed by atoms with Crippen molar-refractivity contribution in [2.24, 2.45) is 0 Å². The lowest BCUT2D eigenvalue weighted by Crippen LogP contribution is -2.22. The molecule has 0 atom stereocenters. The molecule has 0 heterocycles. The molecule has 0 rings (SSSR count). The Kier molecular flexibility index (Phi) is 6.95. The van der Waals surface area contributed by atoms with Gasteiger partial charge in [0.2, 0.25) is 0 Å². The van der Waals surface area contributed by atoms with Crippen LogP contribution in [-0.4, -0.2) is 43.6 Å². The van der Waals surface area contributed by atoms with Crippen LogP contribution in [0.4, 0.5) is 0 Å². The Labute approximate surface area is 94.5 Å². The monoisotopic (exact) mass is 236 g/mol.